The number of hydrogen-bond donors (Lipinski definition) is 0. The summed E-state index contributed by atoms with van der Waals surface area (Å²) in [6.45, 7) is 0.725. The standard InChI is InChI=1S/C17H18F6N4O2/c1-29-14(28)4-8-9-6-26(7-10(8)9)13-5-11(16(18,19)20)24-15(25-13)27-3-2-12(27)17(21,22)23/h5,8-10,12H,2-4,6-7H2,1H3/t8-,9+,10-,12?. The summed E-state index contributed by atoms with van der Waals surface area (Å²) in [5.74, 6) is -0.556. The average Bonchev–Trinajstić information content (AvgIpc) is 3.00. The maximum Gasteiger partial charge on any atom is 0.433 e. The van der Waals surface area contributed by atoms with Crippen LogP contribution < -0.4 is 9.80 Å². The molecule has 0 spiro atoms. The van der Waals surface area contributed by atoms with Crippen molar-refractivity contribution in [3.63, 3.8) is 0 Å². The highest BCUT2D eigenvalue weighted by atomic mass is 19.4. The summed E-state index contributed by atoms with van der Waals surface area (Å²) < 4.78 is 83.6. The Bertz CT molecular complexity index is 802. The van der Waals surface area contributed by atoms with Gasteiger partial charge in [0, 0.05) is 32.1 Å². The Balaban J connectivity index is 1.55. The predicted octanol–water partition coefficient (Wildman–Crippen LogP) is 2.88. The van der Waals surface area contributed by atoms with Crippen molar-refractivity contribution >= 4 is 17.7 Å². The molecule has 2 aliphatic heterocycles. The Labute approximate surface area is 161 Å². The summed E-state index contributed by atoms with van der Waals surface area (Å²) in [7, 11) is 1.29. The molecule has 1 aromatic heterocycles. The number of ether oxygens (including phenoxy) is 1. The predicted molar refractivity (Wildman–Crippen MR) is 88.2 cm³/mol. The van der Waals surface area contributed by atoms with E-state index >= 15 is 0 Å². The number of aromatic nitrogens is 2. The summed E-state index contributed by atoms with van der Waals surface area (Å²) in [4.78, 5) is 21.1. The molecule has 0 radical (unpaired) electrons. The number of rotatable bonds is 4. The molecule has 0 N–H and O–H groups in total. The SMILES string of the molecule is COC(=O)C[C@H]1[C@H]2CN(c3cc(C(F)(F)F)nc(N4CCC4C(F)(F)F)n3)C[C@@H]12. The van der Waals surface area contributed by atoms with Crippen molar-refractivity contribution in [2.75, 3.05) is 36.5 Å². The van der Waals surface area contributed by atoms with Crippen molar-refractivity contribution in [3.05, 3.63) is 11.8 Å². The van der Waals surface area contributed by atoms with E-state index in [4.69, 9.17) is 0 Å². The topological polar surface area (TPSA) is 58.6 Å². The van der Waals surface area contributed by atoms with Gasteiger partial charge in [-0.3, -0.25) is 4.79 Å². The third kappa shape index (κ3) is 3.68. The quantitative estimate of drug-likeness (QED) is 0.547. The van der Waals surface area contributed by atoms with Gasteiger partial charge in [-0.1, -0.05) is 0 Å². The fourth-order valence-corrected chi connectivity index (χ4v) is 4.24. The Hall–Kier alpha value is -2.27. The van der Waals surface area contributed by atoms with Crippen molar-refractivity contribution in [1.82, 2.24) is 9.97 Å². The summed E-state index contributed by atoms with van der Waals surface area (Å²) in [6.07, 6.45) is -9.32. The van der Waals surface area contributed by atoms with Crippen molar-refractivity contribution < 1.29 is 35.9 Å². The zero-order valence-corrected chi connectivity index (χ0v) is 15.3. The molecule has 4 atom stereocenters. The van der Waals surface area contributed by atoms with Gasteiger partial charge in [0.25, 0.3) is 0 Å². The average molecular weight is 424 g/mol. The van der Waals surface area contributed by atoms with Gasteiger partial charge in [-0.25, -0.2) is 4.98 Å². The third-order valence-corrected chi connectivity index (χ3v) is 5.97. The molecule has 0 aromatic carbocycles. The molecule has 4 rings (SSSR count). The number of piperidine rings is 1. The van der Waals surface area contributed by atoms with Crippen molar-refractivity contribution in [1.29, 1.82) is 0 Å². The Kier molecular flexibility index (Phi) is 4.57. The van der Waals surface area contributed by atoms with Crippen LogP contribution in [0.1, 0.15) is 18.5 Å². The Morgan fingerprint density at radius 3 is 2.31 bits per heavy atom. The van der Waals surface area contributed by atoms with E-state index in [9.17, 15) is 31.1 Å². The minimum absolute atomic E-state index is 0.0424. The first-order valence-corrected chi connectivity index (χ1v) is 9.10. The lowest BCUT2D eigenvalue weighted by Gasteiger charge is -2.42. The lowest BCUT2D eigenvalue weighted by Crippen LogP contribution is -2.56. The zero-order valence-electron chi connectivity index (χ0n) is 15.3. The van der Waals surface area contributed by atoms with Crippen LogP contribution in [0.25, 0.3) is 0 Å². The highest BCUT2D eigenvalue weighted by Gasteiger charge is 2.57. The molecule has 3 fully saturated rings. The van der Waals surface area contributed by atoms with Gasteiger partial charge in [-0.15, -0.1) is 0 Å². The second kappa shape index (κ2) is 6.63. The van der Waals surface area contributed by atoms with Gasteiger partial charge in [0.15, 0.2) is 5.69 Å². The van der Waals surface area contributed by atoms with Gasteiger partial charge in [-0.2, -0.15) is 31.3 Å². The lowest BCUT2D eigenvalue weighted by atomic mass is 10.0. The number of hydrogen-bond acceptors (Lipinski definition) is 6. The maximum atomic E-state index is 13.3. The first-order chi connectivity index (χ1) is 13.5. The summed E-state index contributed by atoms with van der Waals surface area (Å²) >= 11 is 0. The molecule has 1 saturated carbocycles. The van der Waals surface area contributed by atoms with Crippen LogP contribution in [0.2, 0.25) is 0 Å². The normalized spacial score (nSPS) is 28.8. The molecule has 29 heavy (non-hydrogen) atoms. The van der Waals surface area contributed by atoms with Crippen molar-refractivity contribution in [2.45, 2.75) is 31.2 Å². The maximum absolute atomic E-state index is 13.3. The van der Waals surface area contributed by atoms with E-state index < -0.39 is 30.0 Å². The molecular weight excluding hydrogens is 406 g/mol. The molecule has 1 aliphatic carbocycles. The van der Waals surface area contributed by atoms with E-state index in [0.717, 1.165) is 11.0 Å². The van der Waals surface area contributed by atoms with Gasteiger partial charge < -0.3 is 14.5 Å². The molecule has 0 bridgehead atoms. The van der Waals surface area contributed by atoms with Crippen LogP contribution in [0.5, 0.6) is 0 Å². The Morgan fingerprint density at radius 2 is 1.83 bits per heavy atom. The second-order valence-electron chi connectivity index (χ2n) is 7.63. The fraction of sp³-hybridized carbons (Fsp3) is 0.706. The number of halogens is 6. The highest BCUT2D eigenvalue weighted by Crippen LogP contribution is 2.54. The van der Waals surface area contributed by atoms with Crippen LogP contribution in [-0.4, -0.2) is 54.9 Å². The van der Waals surface area contributed by atoms with Gasteiger partial charge in [-0.05, 0) is 24.2 Å². The van der Waals surface area contributed by atoms with Crippen LogP contribution in [0, 0.1) is 17.8 Å². The van der Waals surface area contributed by atoms with Crippen LogP contribution in [0.4, 0.5) is 38.1 Å². The van der Waals surface area contributed by atoms with Gasteiger partial charge in [0.05, 0.1) is 7.11 Å². The van der Waals surface area contributed by atoms with Crippen molar-refractivity contribution in [3.8, 4) is 0 Å². The van der Waals surface area contributed by atoms with E-state index in [2.05, 4.69) is 14.7 Å². The number of methoxy groups -OCH3 is 1. The zero-order chi connectivity index (χ0) is 21.1. The lowest BCUT2D eigenvalue weighted by molar-refractivity contribution is -0.160. The highest BCUT2D eigenvalue weighted by molar-refractivity contribution is 5.70. The number of nitrogens with zero attached hydrogens (tertiary/aromatic N) is 4. The van der Waals surface area contributed by atoms with Crippen LogP contribution >= 0.6 is 0 Å². The van der Waals surface area contributed by atoms with Crippen LogP contribution in [-0.2, 0) is 15.7 Å². The monoisotopic (exact) mass is 424 g/mol. The minimum Gasteiger partial charge on any atom is -0.469 e. The molecular formula is C17H18F6N4O2. The van der Waals surface area contributed by atoms with Gasteiger partial charge in [0.2, 0.25) is 5.95 Å². The van der Waals surface area contributed by atoms with E-state index in [1.165, 1.54) is 7.11 Å². The molecule has 1 aromatic rings. The molecule has 6 nitrogen and oxygen atoms in total. The summed E-state index contributed by atoms with van der Waals surface area (Å²) in [5.41, 5.74) is -1.27. The first kappa shape index (κ1) is 20.0. The first-order valence-electron chi connectivity index (χ1n) is 9.10. The molecule has 12 heteroatoms. The number of fused-ring (bicyclic) bond motifs is 1. The molecule has 2 saturated heterocycles. The number of alkyl halides is 6. The summed E-state index contributed by atoms with van der Waals surface area (Å²) in [6, 6.07) is -1.11. The molecule has 3 heterocycles. The van der Waals surface area contributed by atoms with E-state index in [0.29, 0.717) is 13.1 Å². The van der Waals surface area contributed by atoms with E-state index in [1.54, 1.807) is 4.90 Å². The molecule has 160 valence electrons. The molecule has 3 aliphatic rings. The number of esters is 1. The van der Waals surface area contributed by atoms with Gasteiger partial charge >= 0.3 is 18.3 Å². The molecule has 0 amide bonds. The Morgan fingerprint density at radius 1 is 1.17 bits per heavy atom. The van der Waals surface area contributed by atoms with Gasteiger partial charge in [0.1, 0.15) is 11.9 Å². The number of carbonyl (C=O) groups excluding carboxylic acids is 1. The number of carbonyl (C=O) groups is 1. The smallest absolute Gasteiger partial charge is 0.433 e. The van der Waals surface area contributed by atoms with Crippen LogP contribution in [0.3, 0.4) is 0 Å². The molecule has 1 unspecified atom stereocenters. The van der Waals surface area contributed by atoms with E-state index in [1.807, 2.05) is 0 Å². The van der Waals surface area contributed by atoms with Crippen LogP contribution in [0.15, 0.2) is 6.07 Å². The third-order valence-electron chi connectivity index (χ3n) is 5.97. The summed E-state index contributed by atoms with van der Waals surface area (Å²) in [5, 5.41) is 0. The van der Waals surface area contributed by atoms with E-state index in [-0.39, 0.29) is 48.9 Å². The second-order valence-corrected chi connectivity index (χ2v) is 7.63. The van der Waals surface area contributed by atoms with Crippen molar-refractivity contribution in [2.24, 2.45) is 17.8 Å². The minimum atomic E-state index is -4.80. The number of anilines is 2. The largest absolute Gasteiger partial charge is 0.469 e. The fourth-order valence-electron chi connectivity index (χ4n) is 4.24.